The molecule has 4 rings (SSSR count). The zero-order valence-corrected chi connectivity index (χ0v) is 14.7. The monoisotopic (exact) mass is 367 g/mol. The number of aromatic nitrogens is 5. The Bertz CT molecular complexity index is 1160. The van der Waals surface area contributed by atoms with Crippen molar-refractivity contribution in [1.82, 2.24) is 24.3 Å². The minimum atomic E-state index is -1.10. The molecule has 0 spiro atoms. The maximum atomic E-state index is 11.4. The van der Waals surface area contributed by atoms with E-state index in [-0.39, 0.29) is 5.69 Å². The molecule has 4 aromatic heterocycles. The van der Waals surface area contributed by atoms with Crippen molar-refractivity contribution in [1.29, 1.82) is 0 Å². The van der Waals surface area contributed by atoms with Crippen LogP contribution in [0, 0.1) is 0 Å². The standard InChI is InChI=1S/C17H13N5O3S/c1-25-12-4-6-18-15-14(12)13(9-3-5-19-17(21-9)26-2)11-7-10(16(23)24)20-8-22(11)15/h3-8H,1-2H3,(H,23,24). The predicted molar refractivity (Wildman–Crippen MR) is 96.8 cm³/mol. The van der Waals surface area contributed by atoms with Gasteiger partial charge in [-0.3, -0.25) is 4.40 Å². The third-order valence-corrected chi connectivity index (χ3v) is 4.55. The van der Waals surface area contributed by atoms with Gasteiger partial charge in [0.25, 0.3) is 0 Å². The fourth-order valence-electron chi connectivity index (χ4n) is 2.88. The Kier molecular flexibility index (Phi) is 3.92. The number of hydrogen-bond donors (Lipinski definition) is 1. The molecule has 0 aliphatic rings. The summed E-state index contributed by atoms with van der Waals surface area (Å²) < 4.78 is 7.25. The number of aromatic carboxylic acids is 1. The zero-order valence-electron chi connectivity index (χ0n) is 13.9. The molecular formula is C17H13N5O3S. The van der Waals surface area contributed by atoms with Crippen LogP contribution in [0.5, 0.6) is 5.75 Å². The van der Waals surface area contributed by atoms with E-state index < -0.39 is 5.97 Å². The normalized spacial score (nSPS) is 11.2. The summed E-state index contributed by atoms with van der Waals surface area (Å²) in [6, 6.07) is 5.05. The summed E-state index contributed by atoms with van der Waals surface area (Å²) in [7, 11) is 1.58. The lowest BCUT2D eigenvalue weighted by Gasteiger charge is -2.05. The van der Waals surface area contributed by atoms with Crippen LogP contribution in [0.1, 0.15) is 10.5 Å². The Balaban J connectivity index is 2.18. The van der Waals surface area contributed by atoms with Crippen LogP contribution < -0.4 is 4.74 Å². The number of ether oxygens (including phenoxy) is 1. The second kappa shape index (κ2) is 6.26. The van der Waals surface area contributed by atoms with Crippen LogP contribution in [0.3, 0.4) is 0 Å². The van der Waals surface area contributed by atoms with E-state index in [1.807, 2.05) is 6.26 Å². The third kappa shape index (κ3) is 2.44. The Labute approximate surface area is 151 Å². The van der Waals surface area contributed by atoms with Gasteiger partial charge in [0.15, 0.2) is 10.9 Å². The van der Waals surface area contributed by atoms with Gasteiger partial charge in [-0.05, 0) is 24.5 Å². The van der Waals surface area contributed by atoms with E-state index in [1.165, 1.54) is 24.2 Å². The Morgan fingerprint density at radius 2 is 2.04 bits per heavy atom. The van der Waals surface area contributed by atoms with E-state index in [9.17, 15) is 9.90 Å². The van der Waals surface area contributed by atoms with Crippen molar-refractivity contribution in [2.45, 2.75) is 5.16 Å². The summed E-state index contributed by atoms with van der Waals surface area (Å²) in [5, 5.41) is 10.7. The lowest BCUT2D eigenvalue weighted by Crippen LogP contribution is -2.02. The second-order valence-corrected chi connectivity index (χ2v) is 6.12. The lowest BCUT2D eigenvalue weighted by molar-refractivity contribution is 0.0690. The van der Waals surface area contributed by atoms with Crippen molar-refractivity contribution in [3.05, 3.63) is 42.6 Å². The Morgan fingerprint density at radius 3 is 2.77 bits per heavy atom. The second-order valence-electron chi connectivity index (χ2n) is 5.35. The molecule has 0 aliphatic heterocycles. The van der Waals surface area contributed by atoms with Gasteiger partial charge in [-0.2, -0.15) is 0 Å². The predicted octanol–water partition coefficient (Wildman–Crippen LogP) is 2.77. The fourth-order valence-corrected chi connectivity index (χ4v) is 3.24. The molecule has 0 radical (unpaired) electrons. The van der Waals surface area contributed by atoms with E-state index >= 15 is 0 Å². The van der Waals surface area contributed by atoms with Gasteiger partial charge in [-0.15, -0.1) is 0 Å². The van der Waals surface area contributed by atoms with Crippen LogP contribution in [0.15, 0.2) is 42.1 Å². The lowest BCUT2D eigenvalue weighted by atomic mass is 10.1. The van der Waals surface area contributed by atoms with Crippen LogP contribution >= 0.6 is 11.8 Å². The molecule has 4 aromatic rings. The number of carboxylic acids is 1. The molecule has 0 unspecified atom stereocenters. The molecule has 0 aromatic carbocycles. The number of carboxylic acid groups (broad SMARTS) is 1. The van der Waals surface area contributed by atoms with Gasteiger partial charge >= 0.3 is 5.97 Å². The third-order valence-electron chi connectivity index (χ3n) is 3.98. The summed E-state index contributed by atoms with van der Waals surface area (Å²) in [6.45, 7) is 0. The molecule has 9 heteroatoms. The van der Waals surface area contributed by atoms with Crippen LogP contribution in [-0.4, -0.2) is 48.8 Å². The van der Waals surface area contributed by atoms with Crippen molar-refractivity contribution < 1.29 is 14.6 Å². The van der Waals surface area contributed by atoms with Gasteiger partial charge in [0.2, 0.25) is 0 Å². The molecule has 130 valence electrons. The summed E-state index contributed by atoms with van der Waals surface area (Å²) in [4.78, 5) is 28.6. The van der Waals surface area contributed by atoms with E-state index in [4.69, 9.17) is 4.74 Å². The van der Waals surface area contributed by atoms with Gasteiger partial charge in [0.05, 0.1) is 23.7 Å². The van der Waals surface area contributed by atoms with Gasteiger partial charge in [0, 0.05) is 18.0 Å². The first kappa shape index (κ1) is 16.3. The first-order valence-electron chi connectivity index (χ1n) is 7.57. The fraction of sp³-hybridized carbons (Fsp3) is 0.118. The van der Waals surface area contributed by atoms with Gasteiger partial charge < -0.3 is 9.84 Å². The number of hydrogen-bond acceptors (Lipinski definition) is 7. The maximum Gasteiger partial charge on any atom is 0.354 e. The highest BCUT2D eigenvalue weighted by Gasteiger charge is 2.21. The van der Waals surface area contributed by atoms with Crippen molar-refractivity contribution in [2.24, 2.45) is 0 Å². The number of fused-ring (bicyclic) bond motifs is 3. The molecule has 0 amide bonds. The van der Waals surface area contributed by atoms with Crippen molar-refractivity contribution >= 4 is 34.3 Å². The summed E-state index contributed by atoms with van der Waals surface area (Å²) in [5.41, 5.74) is 2.58. The van der Waals surface area contributed by atoms with Gasteiger partial charge in [-0.1, -0.05) is 11.8 Å². The minimum absolute atomic E-state index is 0.0559. The van der Waals surface area contributed by atoms with Crippen molar-refractivity contribution in [3.8, 4) is 17.0 Å². The van der Waals surface area contributed by atoms with E-state index in [0.29, 0.717) is 27.8 Å². The molecule has 0 bridgehead atoms. The van der Waals surface area contributed by atoms with Crippen LogP contribution in [0.25, 0.3) is 27.8 Å². The van der Waals surface area contributed by atoms with Gasteiger partial charge in [0.1, 0.15) is 17.7 Å². The molecule has 0 saturated carbocycles. The average molecular weight is 367 g/mol. The van der Waals surface area contributed by atoms with Crippen molar-refractivity contribution in [3.63, 3.8) is 0 Å². The molecule has 4 heterocycles. The maximum absolute atomic E-state index is 11.4. The smallest absolute Gasteiger partial charge is 0.354 e. The van der Waals surface area contributed by atoms with E-state index in [1.54, 1.807) is 36.0 Å². The number of thioether (sulfide) groups is 1. The average Bonchev–Trinajstić information content (AvgIpc) is 3.01. The van der Waals surface area contributed by atoms with Crippen molar-refractivity contribution in [2.75, 3.05) is 13.4 Å². The largest absolute Gasteiger partial charge is 0.496 e. The Morgan fingerprint density at radius 1 is 1.23 bits per heavy atom. The molecular weight excluding hydrogens is 354 g/mol. The molecule has 0 aliphatic carbocycles. The highest BCUT2D eigenvalue weighted by atomic mass is 32.2. The molecule has 8 nitrogen and oxygen atoms in total. The van der Waals surface area contributed by atoms with Gasteiger partial charge in [-0.25, -0.2) is 24.7 Å². The quantitative estimate of drug-likeness (QED) is 0.434. The van der Waals surface area contributed by atoms with E-state index in [0.717, 1.165) is 10.9 Å². The number of carbonyl (C=O) groups is 1. The summed E-state index contributed by atoms with van der Waals surface area (Å²) in [5.74, 6) is -0.481. The Hall–Kier alpha value is -3.20. The highest BCUT2D eigenvalue weighted by molar-refractivity contribution is 7.98. The van der Waals surface area contributed by atoms with Crippen LogP contribution in [-0.2, 0) is 0 Å². The number of nitrogens with zero attached hydrogens (tertiary/aromatic N) is 5. The SMILES string of the molecule is COc1ccnc2c1c(-c1ccnc(SC)n1)c1cc(C(=O)O)ncn12. The van der Waals surface area contributed by atoms with Crippen LogP contribution in [0.4, 0.5) is 0 Å². The molecule has 0 fully saturated rings. The molecule has 0 saturated heterocycles. The summed E-state index contributed by atoms with van der Waals surface area (Å²) in [6.07, 6.45) is 6.65. The number of methoxy groups -OCH3 is 1. The highest BCUT2D eigenvalue weighted by Crippen LogP contribution is 2.39. The topological polar surface area (TPSA) is 102 Å². The number of rotatable bonds is 4. The zero-order chi connectivity index (χ0) is 18.3. The summed E-state index contributed by atoms with van der Waals surface area (Å²) >= 11 is 1.43. The molecule has 1 N–H and O–H groups in total. The minimum Gasteiger partial charge on any atom is -0.496 e. The van der Waals surface area contributed by atoms with E-state index in [2.05, 4.69) is 19.9 Å². The number of pyridine rings is 1. The first-order valence-corrected chi connectivity index (χ1v) is 8.80. The molecule has 0 atom stereocenters. The molecule has 26 heavy (non-hydrogen) atoms. The first-order chi connectivity index (χ1) is 12.6. The van der Waals surface area contributed by atoms with Crippen LogP contribution in [0.2, 0.25) is 0 Å².